The van der Waals surface area contributed by atoms with Crippen LogP contribution in [0, 0.1) is 3.57 Å². The molecule has 0 aliphatic heterocycles. The molecule has 1 aromatic carbocycles. The molecule has 3 rings (SSSR count). The van der Waals surface area contributed by atoms with Crippen LogP contribution in [0.15, 0.2) is 24.3 Å². The van der Waals surface area contributed by atoms with E-state index in [9.17, 15) is 0 Å². The molecule has 0 saturated heterocycles. The lowest BCUT2D eigenvalue weighted by Gasteiger charge is -2.22. The highest BCUT2D eigenvalue weighted by Gasteiger charge is 2.16. The molecule has 1 aliphatic carbocycles. The maximum atomic E-state index is 5.77. The fraction of sp³-hybridized carbons (Fsp3) is 0.400. The Morgan fingerprint density at radius 1 is 1.11 bits per heavy atom. The molecule has 1 heterocycles. The van der Waals surface area contributed by atoms with E-state index in [2.05, 4.69) is 57.1 Å². The SMILES string of the molecule is Nc1n[nH]c(-c2ccc(C3CCCCC3)cc2)c1I. The molecule has 3 nitrogen and oxygen atoms in total. The van der Waals surface area contributed by atoms with Crippen LogP contribution in [0.1, 0.15) is 43.6 Å². The summed E-state index contributed by atoms with van der Waals surface area (Å²) in [6.07, 6.45) is 6.84. The van der Waals surface area contributed by atoms with Crippen molar-refractivity contribution in [3.8, 4) is 11.3 Å². The second kappa shape index (κ2) is 5.53. The maximum Gasteiger partial charge on any atom is 0.159 e. The van der Waals surface area contributed by atoms with Gasteiger partial charge >= 0.3 is 0 Å². The normalized spacial score (nSPS) is 16.7. The van der Waals surface area contributed by atoms with E-state index in [0.717, 1.165) is 20.7 Å². The van der Waals surface area contributed by atoms with Crippen LogP contribution in [0.25, 0.3) is 11.3 Å². The third-order valence-corrected chi connectivity index (χ3v) is 5.10. The smallest absolute Gasteiger partial charge is 0.159 e. The largest absolute Gasteiger partial charge is 0.381 e. The quantitative estimate of drug-likeness (QED) is 0.778. The van der Waals surface area contributed by atoms with Crippen molar-refractivity contribution in [2.45, 2.75) is 38.0 Å². The molecule has 1 aromatic heterocycles. The van der Waals surface area contributed by atoms with Crippen molar-refractivity contribution in [1.82, 2.24) is 10.2 Å². The van der Waals surface area contributed by atoms with Crippen molar-refractivity contribution in [1.29, 1.82) is 0 Å². The fourth-order valence-electron chi connectivity index (χ4n) is 2.89. The Hall–Kier alpha value is -1.04. The second-order valence-electron chi connectivity index (χ2n) is 5.25. The van der Waals surface area contributed by atoms with Crippen molar-refractivity contribution in [2.24, 2.45) is 0 Å². The van der Waals surface area contributed by atoms with Gasteiger partial charge in [0.2, 0.25) is 0 Å². The van der Waals surface area contributed by atoms with E-state index in [-0.39, 0.29) is 0 Å². The van der Waals surface area contributed by atoms with Gasteiger partial charge in [-0.25, -0.2) is 0 Å². The molecular weight excluding hydrogens is 349 g/mol. The minimum absolute atomic E-state index is 0.576. The van der Waals surface area contributed by atoms with Crippen LogP contribution >= 0.6 is 22.6 Å². The van der Waals surface area contributed by atoms with Gasteiger partial charge in [0.05, 0.1) is 9.26 Å². The predicted octanol–water partition coefficient (Wildman–Crippen LogP) is 4.31. The summed E-state index contributed by atoms with van der Waals surface area (Å²) in [7, 11) is 0. The van der Waals surface area contributed by atoms with E-state index in [1.807, 2.05) is 0 Å². The summed E-state index contributed by atoms with van der Waals surface area (Å²) in [4.78, 5) is 0. The zero-order valence-electron chi connectivity index (χ0n) is 10.8. The Kier molecular flexibility index (Phi) is 3.77. The van der Waals surface area contributed by atoms with E-state index in [0.29, 0.717) is 5.82 Å². The first-order valence-corrected chi connectivity index (χ1v) is 7.93. The van der Waals surface area contributed by atoms with Crippen LogP contribution in [-0.4, -0.2) is 10.2 Å². The van der Waals surface area contributed by atoms with Gasteiger partial charge in [0, 0.05) is 5.56 Å². The van der Waals surface area contributed by atoms with E-state index < -0.39 is 0 Å². The van der Waals surface area contributed by atoms with Gasteiger partial charge in [0.25, 0.3) is 0 Å². The van der Waals surface area contributed by atoms with Gasteiger partial charge in [0.1, 0.15) is 0 Å². The van der Waals surface area contributed by atoms with Crippen LogP contribution in [0.2, 0.25) is 0 Å². The van der Waals surface area contributed by atoms with E-state index in [4.69, 9.17) is 5.73 Å². The average molecular weight is 367 g/mol. The van der Waals surface area contributed by atoms with Gasteiger partial charge in [-0.2, -0.15) is 5.10 Å². The van der Waals surface area contributed by atoms with Crippen molar-refractivity contribution in [2.75, 3.05) is 5.73 Å². The molecule has 19 heavy (non-hydrogen) atoms. The molecule has 1 saturated carbocycles. The molecule has 0 atom stereocenters. The monoisotopic (exact) mass is 367 g/mol. The Morgan fingerprint density at radius 2 is 1.79 bits per heavy atom. The molecule has 3 N–H and O–H groups in total. The molecule has 0 spiro atoms. The van der Waals surface area contributed by atoms with Crippen molar-refractivity contribution >= 4 is 28.4 Å². The molecule has 0 unspecified atom stereocenters. The number of nitrogen functional groups attached to an aromatic ring is 1. The Bertz CT molecular complexity index is 553. The number of H-pyrrole nitrogens is 1. The number of nitrogens with one attached hydrogen (secondary N) is 1. The van der Waals surface area contributed by atoms with Crippen LogP contribution in [0.5, 0.6) is 0 Å². The van der Waals surface area contributed by atoms with Crippen molar-refractivity contribution < 1.29 is 0 Å². The maximum absolute atomic E-state index is 5.77. The number of aromatic nitrogens is 2. The molecule has 1 aliphatic rings. The first kappa shape index (κ1) is 13.0. The summed E-state index contributed by atoms with van der Waals surface area (Å²) in [5.74, 6) is 1.33. The number of anilines is 1. The number of nitrogens with two attached hydrogens (primary N) is 1. The molecule has 0 amide bonds. The fourth-order valence-corrected chi connectivity index (χ4v) is 3.44. The number of nitrogens with zero attached hydrogens (tertiary/aromatic N) is 1. The highest BCUT2D eigenvalue weighted by atomic mass is 127. The predicted molar refractivity (Wildman–Crippen MR) is 87.0 cm³/mol. The van der Waals surface area contributed by atoms with Gasteiger partial charge < -0.3 is 5.73 Å². The molecular formula is C15H18IN3. The highest BCUT2D eigenvalue weighted by molar-refractivity contribution is 14.1. The summed E-state index contributed by atoms with van der Waals surface area (Å²) in [5, 5.41) is 7.06. The summed E-state index contributed by atoms with van der Waals surface area (Å²) < 4.78 is 1.00. The van der Waals surface area contributed by atoms with Gasteiger partial charge in [0.15, 0.2) is 5.82 Å². The zero-order valence-corrected chi connectivity index (χ0v) is 13.0. The lowest BCUT2D eigenvalue weighted by Crippen LogP contribution is -2.04. The van der Waals surface area contributed by atoms with Crippen LogP contribution in [0.3, 0.4) is 0 Å². The lowest BCUT2D eigenvalue weighted by atomic mass is 9.84. The Labute approximate surface area is 127 Å². The molecule has 4 heteroatoms. The Morgan fingerprint density at radius 3 is 2.37 bits per heavy atom. The van der Waals surface area contributed by atoms with Crippen molar-refractivity contribution in [3.63, 3.8) is 0 Å². The molecule has 0 bridgehead atoms. The third-order valence-electron chi connectivity index (χ3n) is 4.01. The Balaban J connectivity index is 1.84. The van der Waals surface area contributed by atoms with Gasteiger partial charge in [-0.1, -0.05) is 43.5 Å². The summed E-state index contributed by atoms with van der Waals surface area (Å²) in [6.45, 7) is 0. The van der Waals surface area contributed by atoms with Gasteiger partial charge in [-0.05, 0) is 46.9 Å². The molecule has 2 aromatic rings. The number of benzene rings is 1. The van der Waals surface area contributed by atoms with E-state index >= 15 is 0 Å². The second-order valence-corrected chi connectivity index (χ2v) is 6.33. The summed E-state index contributed by atoms with van der Waals surface area (Å²) >= 11 is 2.24. The molecule has 1 fully saturated rings. The van der Waals surface area contributed by atoms with Gasteiger partial charge in [-0.15, -0.1) is 0 Å². The number of hydrogen-bond donors (Lipinski definition) is 2. The van der Waals surface area contributed by atoms with E-state index in [1.54, 1.807) is 0 Å². The highest BCUT2D eigenvalue weighted by Crippen LogP contribution is 2.34. The standard InChI is InChI=1S/C15H18IN3/c16-13-14(18-19-15(13)17)12-8-6-11(7-9-12)10-4-2-1-3-5-10/h6-10H,1-5H2,(H3,17,18,19). The number of rotatable bonds is 2. The van der Waals surface area contributed by atoms with Crippen molar-refractivity contribution in [3.05, 3.63) is 33.4 Å². The van der Waals surface area contributed by atoms with Crippen LogP contribution in [-0.2, 0) is 0 Å². The molecule has 0 radical (unpaired) electrons. The first-order chi connectivity index (χ1) is 9.25. The molecule has 100 valence electrons. The summed E-state index contributed by atoms with van der Waals surface area (Å²) in [5.41, 5.74) is 9.43. The van der Waals surface area contributed by atoms with Crippen LogP contribution in [0.4, 0.5) is 5.82 Å². The minimum Gasteiger partial charge on any atom is -0.381 e. The average Bonchev–Trinajstić information content (AvgIpc) is 2.80. The summed E-state index contributed by atoms with van der Waals surface area (Å²) in [6, 6.07) is 8.88. The zero-order chi connectivity index (χ0) is 13.2. The van der Waals surface area contributed by atoms with Gasteiger partial charge in [-0.3, -0.25) is 5.10 Å². The van der Waals surface area contributed by atoms with E-state index in [1.165, 1.54) is 37.7 Å². The lowest BCUT2D eigenvalue weighted by molar-refractivity contribution is 0.443. The first-order valence-electron chi connectivity index (χ1n) is 6.85. The number of halogens is 1. The topological polar surface area (TPSA) is 54.7 Å². The van der Waals surface area contributed by atoms with Crippen LogP contribution < -0.4 is 5.73 Å². The third kappa shape index (κ3) is 2.63. The minimum atomic E-state index is 0.576. The number of hydrogen-bond acceptors (Lipinski definition) is 2. The number of aromatic amines is 1.